The van der Waals surface area contributed by atoms with Gasteiger partial charge in [0.25, 0.3) is 5.91 Å². The van der Waals surface area contributed by atoms with Crippen LogP contribution < -0.4 is 9.64 Å². The van der Waals surface area contributed by atoms with Crippen LogP contribution in [0.2, 0.25) is 0 Å². The molecule has 5 nitrogen and oxygen atoms in total. The first-order valence-corrected chi connectivity index (χ1v) is 8.32. The topological polar surface area (TPSA) is 46.6 Å². The van der Waals surface area contributed by atoms with Crippen LogP contribution in [0.15, 0.2) is 24.3 Å². The van der Waals surface area contributed by atoms with Crippen molar-refractivity contribution < 1.29 is 32.0 Å². The van der Waals surface area contributed by atoms with Crippen LogP contribution in [0.4, 0.5) is 18.9 Å². The monoisotopic (exact) mass is 373 g/mol. The second-order valence-corrected chi connectivity index (χ2v) is 7.60. The number of nitrogens with zero attached hydrogens (tertiary/aromatic N) is 2. The molecule has 1 aromatic carbocycles. The number of hydrogen-bond donors (Lipinski definition) is 0. The quantitative estimate of drug-likeness (QED) is 0.762. The largest absolute Gasteiger partial charge is 0.573 e. The van der Waals surface area contributed by atoms with Crippen molar-refractivity contribution in [3.63, 3.8) is 0 Å². The van der Waals surface area contributed by atoms with Crippen LogP contribution in [0.3, 0.4) is 0 Å². The SMILES string of the molecule is CC(=O)[N+](C)([C@@H]1CCN(c2cccc(OC(F)(F)F)c2)C1=O)C(C)(C)C. The second kappa shape index (κ2) is 6.57. The van der Waals surface area contributed by atoms with Crippen molar-refractivity contribution in [1.82, 2.24) is 0 Å². The summed E-state index contributed by atoms with van der Waals surface area (Å²) in [6, 6.07) is 4.74. The molecule has 0 N–H and O–H groups in total. The van der Waals surface area contributed by atoms with E-state index in [4.69, 9.17) is 0 Å². The minimum absolute atomic E-state index is 0.0684. The minimum atomic E-state index is -4.80. The molecular weight excluding hydrogens is 349 g/mol. The van der Waals surface area contributed by atoms with Gasteiger partial charge in [0.1, 0.15) is 5.75 Å². The number of halogens is 3. The van der Waals surface area contributed by atoms with Gasteiger partial charge in [-0.05, 0) is 32.9 Å². The molecule has 144 valence electrons. The number of carbonyl (C=O) groups is 2. The van der Waals surface area contributed by atoms with E-state index in [-0.39, 0.29) is 22.0 Å². The van der Waals surface area contributed by atoms with Crippen LogP contribution in [0.5, 0.6) is 5.75 Å². The Labute approximate surface area is 150 Å². The third kappa shape index (κ3) is 3.70. The van der Waals surface area contributed by atoms with Crippen molar-refractivity contribution in [3.05, 3.63) is 24.3 Å². The van der Waals surface area contributed by atoms with Gasteiger partial charge >= 0.3 is 12.3 Å². The van der Waals surface area contributed by atoms with Crippen LogP contribution >= 0.6 is 0 Å². The summed E-state index contributed by atoms with van der Waals surface area (Å²) in [5.74, 6) is -0.792. The standard InChI is InChI=1S/C18H24F3N2O3/c1-12(24)23(5,17(2,3)4)15-9-10-22(16(15)25)13-7-6-8-14(11-13)26-18(19,20)21/h6-8,11,15H,9-10H2,1-5H3/q+1/t15-,23?/m1/s1. The molecule has 0 bridgehead atoms. The van der Waals surface area contributed by atoms with E-state index in [1.54, 1.807) is 13.1 Å². The number of amides is 2. The lowest BCUT2D eigenvalue weighted by molar-refractivity contribution is -0.896. The number of carbonyl (C=O) groups excluding carboxylic acids is 2. The first-order chi connectivity index (χ1) is 11.8. The Kier molecular flexibility index (Phi) is 5.11. The highest BCUT2D eigenvalue weighted by Gasteiger charge is 2.54. The summed E-state index contributed by atoms with van der Waals surface area (Å²) < 4.78 is 41.1. The lowest BCUT2D eigenvalue weighted by Gasteiger charge is -2.45. The van der Waals surface area contributed by atoms with Gasteiger partial charge in [-0.25, -0.2) is 9.28 Å². The summed E-state index contributed by atoms with van der Waals surface area (Å²) in [4.78, 5) is 26.8. The molecular formula is C18H24F3N2O3+. The normalized spacial score (nSPS) is 20.8. The van der Waals surface area contributed by atoms with Gasteiger partial charge in [0.2, 0.25) is 0 Å². The molecule has 1 aliphatic rings. The smallest absolute Gasteiger partial charge is 0.406 e. The van der Waals surface area contributed by atoms with E-state index in [2.05, 4.69) is 4.74 Å². The van der Waals surface area contributed by atoms with Gasteiger partial charge < -0.3 is 9.64 Å². The third-order valence-electron chi connectivity index (χ3n) is 5.21. The van der Waals surface area contributed by atoms with Gasteiger partial charge in [0.15, 0.2) is 6.04 Å². The summed E-state index contributed by atoms with van der Waals surface area (Å²) in [5.41, 5.74) is -0.174. The average Bonchev–Trinajstić information content (AvgIpc) is 2.85. The van der Waals surface area contributed by atoms with Crippen LogP contribution in [0.25, 0.3) is 0 Å². The number of benzene rings is 1. The van der Waals surface area contributed by atoms with Gasteiger partial charge in [0.05, 0.1) is 19.5 Å². The molecule has 26 heavy (non-hydrogen) atoms. The molecule has 2 amide bonds. The number of likely N-dealkylation sites (N-methyl/N-ethyl adjacent to an activating group) is 1. The zero-order chi connectivity index (χ0) is 19.9. The Morgan fingerprint density at radius 1 is 1.27 bits per heavy atom. The van der Waals surface area contributed by atoms with Crippen LogP contribution in [0, 0.1) is 0 Å². The second-order valence-electron chi connectivity index (χ2n) is 7.60. The van der Waals surface area contributed by atoms with Crippen LogP contribution in [0.1, 0.15) is 34.1 Å². The predicted octanol–water partition coefficient (Wildman–Crippen LogP) is 3.48. The number of alkyl halides is 3. The Balaban J connectivity index is 2.32. The number of quaternary nitrogens is 1. The van der Waals surface area contributed by atoms with Gasteiger partial charge in [-0.3, -0.25) is 4.79 Å². The first kappa shape index (κ1) is 20.2. The van der Waals surface area contributed by atoms with Gasteiger partial charge in [-0.2, -0.15) is 0 Å². The Morgan fingerprint density at radius 2 is 1.88 bits per heavy atom. The molecule has 1 unspecified atom stereocenters. The Bertz CT molecular complexity index is 712. The first-order valence-electron chi connectivity index (χ1n) is 8.32. The highest BCUT2D eigenvalue weighted by molar-refractivity contribution is 5.99. The van der Waals surface area contributed by atoms with Crippen molar-refractivity contribution in [3.8, 4) is 5.75 Å². The number of hydrogen-bond acceptors (Lipinski definition) is 3. The molecule has 0 aromatic heterocycles. The lowest BCUT2D eigenvalue weighted by atomic mass is 9.97. The molecule has 1 fully saturated rings. The predicted molar refractivity (Wildman–Crippen MR) is 90.5 cm³/mol. The zero-order valence-corrected chi connectivity index (χ0v) is 15.6. The maximum atomic E-state index is 13.0. The molecule has 1 heterocycles. The van der Waals surface area contributed by atoms with E-state index in [1.165, 1.54) is 30.0 Å². The van der Waals surface area contributed by atoms with E-state index in [0.29, 0.717) is 18.7 Å². The molecule has 2 atom stereocenters. The van der Waals surface area contributed by atoms with Gasteiger partial charge in [0, 0.05) is 24.7 Å². The van der Waals surface area contributed by atoms with Crippen molar-refractivity contribution in [2.75, 3.05) is 18.5 Å². The van der Waals surface area contributed by atoms with E-state index in [9.17, 15) is 22.8 Å². The lowest BCUT2D eigenvalue weighted by Crippen LogP contribution is -2.67. The maximum Gasteiger partial charge on any atom is 0.573 e. The number of ether oxygens (including phenoxy) is 1. The summed E-state index contributed by atoms with van der Waals surface area (Å²) >= 11 is 0. The van der Waals surface area contributed by atoms with Gasteiger partial charge in [-0.15, -0.1) is 13.2 Å². The summed E-state index contributed by atoms with van der Waals surface area (Å²) in [6.07, 6.45) is -4.36. The molecule has 8 heteroatoms. The third-order valence-corrected chi connectivity index (χ3v) is 5.21. The molecule has 0 radical (unpaired) electrons. The number of rotatable bonds is 3. The van der Waals surface area contributed by atoms with E-state index < -0.39 is 17.9 Å². The average molecular weight is 373 g/mol. The molecule has 2 rings (SSSR count). The molecule has 0 saturated carbocycles. The van der Waals surface area contributed by atoms with Crippen molar-refractivity contribution in [1.29, 1.82) is 0 Å². The highest BCUT2D eigenvalue weighted by Crippen LogP contribution is 2.35. The fourth-order valence-corrected chi connectivity index (χ4v) is 3.41. The van der Waals surface area contributed by atoms with E-state index >= 15 is 0 Å². The van der Waals surface area contributed by atoms with Crippen LogP contribution in [-0.4, -0.2) is 47.8 Å². The van der Waals surface area contributed by atoms with Crippen molar-refractivity contribution in [2.24, 2.45) is 0 Å². The highest BCUT2D eigenvalue weighted by atomic mass is 19.4. The maximum absolute atomic E-state index is 13.0. The summed E-state index contributed by atoms with van der Waals surface area (Å²) in [7, 11) is 1.73. The minimum Gasteiger partial charge on any atom is -0.406 e. The zero-order valence-electron chi connectivity index (χ0n) is 15.6. The molecule has 0 spiro atoms. The van der Waals surface area contributed by atoms with Crippen LogP contribution in [-0.2, 0) is 9.59 Å². The fourth-order valence-electron chi connectivity index (χ4n) is 3.41. The van der Waals surface area contributed by atoms with E-state index in [0.717, 1.165) is 0 Å². The summed E-state index contributed by atoms with van der Waals surface area (Å²) in [5, 5.41) is 0. The number of anilines is 1. The molecule has 1 aliphatic heterocycles. The van der Waals surface area contributed by atoms with E-state index in [1.807, 2.05) is 20.8 Å². The summed E-state index contributed by atoms with van der Waals surface area (Å²) in [6.45, 7) is 7.46. The Morgan fingerprint density at radius 3 is 2.38 bits per heavy atom. The van der Waals surface area contributed by atoms with Crippen molar-refractivity contribution in [2.45, 2.75) is 52.1 Å². The fraction of sp³-hybridized carbons (Fsp3) is 0.556. The molecule has 1 aromatic rings. The molecule has 0 aliphatic carbocycles. The Hall–Kier alpha value is -2.09. The van der Waals surface area contributed by atoms with Crippen molar-refractivity contribution >= 4 is 17.5 Å². The molecule has 1 saturated heterocycles. The van der Waals surface area contributed by atoms with Gasteiger partial charge in [-0.1, -0.05) is 6.07 Å².